The molecular formula is C20H18Br2F3N3O2S. The van der Waals surface area contributed by atoms with Crippen LogP contribution in [0.25, 0.3) is 0 Å². The van der Waals surface area contributed by atoms with E-state index in [9.17, 15) is 18.0 Å². The number of carbonyl (C=O) groups is 1. The zero-order chi connectivity index (χ0) is 22.8. The Morgan fingerprint density at radius 2 is 1.84 bits per heavy atom. The van der Waals surface area contributed by atoms with Crippen LogP contribution in [0.3, 0.4) is 0 Å². The minimum Gasteiger partial charge on any atom is -0.495 e. The highest BCUT2D eigenvalue weighted by Gasteiger charge is 2.32. The Morgan fingerprint density at radius 1 is 1.16 bits per heavy atom. The molecule has 1 amide bonds. The Bertz CT molecular complexity index is 1010. The molecule has 2 aromatic rings. The molecule has 0 atom stereocenters. The third-order valence-electron chi connectivity index (χ3n) is 4.70. The van der Waals surface area contributed by atoms with Crippen LogP contribution < -0.4 is 20.3 Å². The van der Waals surface area contributed by atoms with Crippen LogP contribution in [0.4, 0.5) is 24.5 Å². The van der Waals surface area contributed by atoms with Crippen molar-refractivity contribution < 1.29 is 22.7 Å². The first-order chi connectivity index (χ1) is 14.6. The van der Waals surface area contributed by atoms with Crippen LogP contribution in [-0.2, 0) is 6.18 Å². The Kier molecular flexibility index (Phi) is 7.48. The normalized spacial score (nSPS) is 13.8. The molecule has 0 saturated carbocycles. The Labute approximate surface area is 199 Å². The molecule has 11 heteroatoms. The number of hydrogen-bond acceptors (Lipinski definition) is 4. The second-order valence-electron chi connectivity index (χ2n) is 6.80. The van der Waals surface area contributed by atoms with E-state index in [4.69, 9.17) is 17.0 Å². The number of carbonyl (C=O) groups excluding carboxylic acids is 1. The zero-order valence-electron chi connectivity index (χ0n) is 16.3. The summed E-state index contributed by atoms with van der Waals surface area (Å²) in [5, 5.41) is 5.15. The molecule has 3 rings (SSSR count). The molecule has 0 unspecified atom stereocenters. The van der Waals surface area contributed by atoms with Gasteiger partial charge in [0.1, 0.15) is 5.75 Å². The maximum atomic E-state index is 13.2. The van der Waals surface area contributed by atoms with Crippen LogP contribution in [0.1, 0.15) is 28.8 Å². The van der Waals surface area contributed by atoms with Gasteiger partial charge in [0.25, 0.3) is 5.91 Å². The van der Waals surface area contributed by atoms with E-state index < -0.39 is 17.6 Å². The highest BCUT2D eigenvalue weighted by Crippen LogP contribution is 2.37. The molecule has 31 heavy (non-hydrogen) atoms. The van der Waals surface area contributed by atoms with E-state index in [1.165, 1.54) is 13.2 Å². The van der Waals surface area contributed by atoms with E-state index in [0.717, 1.165) is 38.1 Å². The number of methoxy groups -OCH3 is 1. The lowest BCUT2D eigenvalue weighted by Gasteiger charge is -2.23. The predicted molar refractivity (Wildman–Crippen MR) is 125 cm³/mol. The highest BCUT2D eigenvalue weighted by molar-refractivity contribution is 9.11. The largest absolute Gasteiger partial charge is 0.495 e. The van der Waals surface area contributed by atoms with Gasteiger partial charge in [0.05, 0.1) is 34.1 Å². The van der Waals surface area contributed by atoms with Gasteiger partial charge in [-0.1, -0.05) is 15.9 Å². The quantitative estimate of drug-likeness (QED) is 0.437. The van der Waals surface area contributed by atoms with Crippen LogP contribution in [0.2, 0.25) is 0 Å². The van der Waals surface area contributed by atoms with Gasteiger partial charge in [0, 0.05) is 17.6 Å². The first kappa shape index (κ1) is 23.8. The molecule has 0 bridgehead atoms. The minimum atomic E-state index is -4.50. The molecule has 5 nitrogen and oxygen atoms in total. The summed E-state index contributed by atoms with van der Waals surface area (Å²) in [6.07, 6.45) is -2.58. The fourth-order valence-electron chi connectivity index (χ4n) is 3.31. The van der Waals surface area contributed by atoms with Crippen molar-refractivity contribution in [2.45, 2.75) is 19.0 Å². The number of hydrogen-bond donors (Lipinski definition) is 2. The number of nitrogens with zero attached hydrogens (tertiary/aromatic N) is 1. The standard InChI is InChI=1S/C20H18Br2F3N3O2S/c1-30-17-13(9-12(21)10-14(17)22)18(29)27-19(31)26-15-8-11(20(23,24)25)4-5-16(15)28-6-2-3-7-28/h4-5,8-10H,2-3,6-7H2,1H3,(H2,26,27,29,31). The summed E-state index contributed by atoms with van der Waals surface area (Å²) < 4.78 is 46.2. The molecule has 0 spiro atoms. The van der Waals surface area contributed by atoms with Crippen LogP contribution in [0.5, 0.6) is 5.75 Å². The third kappa shape index (κ3) is 5.69. The SMILES string of the molecule is COc1c(Br)cc(Br)cc1C(=O)NC(=S)Nc1cc(C(F)(F)F)ccc1N1CCCC1. The molecule has 2 aromatic carbocycles. The van der Waals surface area contributed by atoms with Crippen molar-refractivity contribution >= 4 is 66.5 Å². The van der Waals surface area contributed by atoms with Gasteiger partial charge in [-0.2, -0.15) is 13.2 Å². The lowest BCUT2D eigenvalue weighted by molar-refractivity contribution is -0.137. The van der Waals surface area contributed by atoms with Gasteiger partial charge in [-0.05, 0) is 71.3 Å². The van der Waals surface area contributed by atoms with E-state index in [-0.39, 0.29) is 16.4 Å². The topological polar surface area (TPSA) is 53.6 Å². The monoisotopic (exact) mass is 579 g/mol. The van der Waals surface area contributed by atoms with Gasteiger partial charge in [-0.3, -0.25) is 10.1 Å². The Balaban J connectivity index is 1.85. The lowest BCUT2D eigenvalue weighted by Crippen LogP contribution is -2.35. The number of alkyl halides is 3. The molecule has 166 valence electrons. The van der Waals surface area contributed by atoms with Crippen molar-refractivity contribution in [3.8, 4) is 5.75 Å². The molecule has 0 aromatic heterocycles. The van der Waals surface area contributed by atoms with E-state index in [1.807, 2.05) is 4.90 Å². The molecule has 1 heterocycles. The summed E-state index contributed by atoms with van der Waals surface area (Å²) in [6.45, 7) is 1.48. The van der Waals surface area contributed by atoms with Crippen molar-refractivity contribution in [1.29, 1.82) is 0 Å². The maximum Gasteiger partial charge on any atom is 0.416 e. The van der Waals surface area contributed by atoms with E-state index in [0.29, 0.717) is 20.4 Å². The second kappa shape index (κ2) is 9.74. The van der Waals surface area contributed by atoms with E-state index in [1.54, 1.807) is 12.1 Å². The number of ether oxygens (including phenoxy) is 1. The second-order valence-corrected chi connectivity index (χ2v) is 8.98. The van der Waals surface area contributed by atoms with E-state index >= 15 is 0 Å². The number of benzene rings is 2. The van der Waals surface area contributed by atoms with Gasteiger partial charge in [-0.15, -0.1) is 0 Å². The van der Waals surface area contributed by atoms with Crippen molar-refractivity contribution in [2.75, 3.05) is 30.4 Å². The smallest absolute Gasteiger partial charge is 0.416 e. The minimum absolute atomic E-state index is 0.122. The molecule has 0 aliphatic carbocycles. The summed E-state index contributed by atoms with van der Waals surface area (Å²) in [5.74, 6) is -0.258. The molecule has 1 aliphatic heterocycles. The summed E-state index contributed by atoms with van der Waals surface area (Å²) in [5.41, 5.74) is 0.190. The Morgan fingerprint density at radius 3 is 2.45 bits per heavy atom. The van der Waals surface area contributed by atoms with Gasteiger partial charge in [-0.25, -0.2) is 0 Å². The lowest BCUT2D eigenvalue weighted by atomic mass is 10.1. The number of amides is 1. The fourth-order valence-corrected chi connectivity index (χ4v) is 4.90. The fraction of sp³-hybridized carbons (Fsp3) is 0.300. The number of thiocarbonyl (C=S) groups is 1. The first-order valence-electron chi connectivity index (χ1n) is 9.21. The maximum absolute atomic E-state index is 13.2. The summed E-state index contributed by atoms with van der Waals surface area (Å²) in [7, 11) is 1.42. The molecule has 2 N–H and O–H groups in total. The predicted octanol–water partition coefficient (Wildman–Crippen LogP) is 5.97. The zero-order valence-corrected chi connectivity index (χ0v) is 20.3. The van der Waals surface area contributed by atoms with Crippen molar-refractivity contribution in [2.24, 2.45) is 0 Å². The van der Waals surface area contributed by atoms with Crippen molar-refractivity contribution in [3.63, 3.8) is 0 Å². The summed E-state index contributed by atoms with van der Waals surface area (Å²) in [4.78, 5) is 14.7. The van der Waals surface area contributed by atoms with Crippen LogP contribution >= 0.6 is 44.1 Å². The average molecular weight is 581 g/mol. The van der Waals surface area contributed by atoms with Crippen LogP contribution in [0.15, 0.2) is 39.3 Å². The summed E-state index contributed by atoms with van der Waals surface area (Å²) in [6, 6.07) is 6.75. The molecule has 1 fully saturated rings. The highest BCUT2D eigenvalue weighted by atomic mass is 79.9. The Hall–Kier alpha value is -1.85. The van der Waals surface area contributed by atoms with Gasteiger partial charge in [0.2, 0.25) is 0 Å². The van der Waals surface area contributed by atoms with Crippen LogP contribution in [0, 0.1) is 0 Å². The van der Waals surface area contributed by atoms with Crippen molar-refractivity contribution in [1.82, 2.24) is 5.32 Å². The first-order valence-corrected chi connectivity index (χ1v) is 11.2. The van der Waals surface area contributed by atoms with Gasteiger partial charge < -0.3 is 15.0 Å². The summed E-state index contributed by atoms with van der Waals surface area (Å²) >= 11 is 11.9. The molecule has 1 saturated heterocycles. The van der Waals surface area contributed by atoms with Gasteiger partial charge in [0.15, 0.2) is 5.11 Å². The van der Waals surface area contributed by atoms with E-state index in [2.05, 4.69) is 42.5 Å². The van der Waals surface area contributed by atoms with Gasteiger partial charge >= 0.3 is 6.18 Å². The number of rotatable bonds is 4. The average Bonchev–Trinajstić information content (AvgIpc) is 3.21. The van der Waals surface area contributed by atoms with Crippen LogP contribution in [-0.4, -0.2) is 31.2 Å². The molecule has 1 aliphatic rings. The molecule has 0 radical (unpaired) electrons. The third-order valence-corrected chi connectivity index (χ3v) is 5.95. The number of anilines is 2. The molecular weight excluding hydrogens is 563 g/mol. The van der Waals surface area contributed by atoms with Crippen molar-refractivity contribution in [3.05, 3.63) is 50.4 Å². The number of halogens is 5. The number of nitrogens with one attached hydrogen (secondary N) is 2.